The summed E-state index contributed by atoms with van der Waals surface area (Å²) in [5.74, 6) is -0.153. The summed E-state index contributed by atoms with van der Waals surface area (Å²) in [6, 6.07) is 12.7. The number of amides is 2. The quantitative estimate of drug-likeness (QED) is 0.658. The molecular formula is C24H29FN2O3. The van der Waals surface area contributed by atoms with E-state index in [0.717, 1.165) is 18.4 Å². The molecule has 30 heavy (non-hydrogen) atoms. The monoisotopic (exact) mass is 412 g/mol. The van der Waals surface area contributed by atoms with E-state index < -0.39 is 6.04 Å². The largest absolute Gasteiger partial charge is 0.494 e. The summed E-state index contributed by atoms with van der Waals surface area (Å²) >= 11 is 0. The smallest absolute Gasteiger partial charge is 0.251 e. The average Bonchev–Trinajstić information content (AvgIpc) is 3.52. The summed E-state index contributed by atoms with van der Waals surface area (Å²) in [5, 5.41) is 5.84. The topological polar surface area (TPSA) is 67.4 Å². The van der Waals surface area contributed by atoms with Gasteiger partial charge in [0.1, 0.15) is 17.6 Å². The lowest BCUT2D eigenvalue weighted by Crippen LogP contribution is -2.51. The van der Waals surface area contributed by atoms with Gasteiger partial charge in [0.05, 0.1) is 6.61 Å². The lowest BCUT2D eigenvalue weighted by Gasteiger charge is -2.24. The first-order chi connectivity index (χ1) is 14.3. The average molecular weight is 413 g/mol. The maximum atomic E-state index is 13.2. The van der Waals surface area contributed by atoms with Gasteiger partial charge in [-0.3, -0.25) is 9.59 Å². The highest BCUT2D eigenvalue weighted by atomic mass is 19.1. The van der Waals surface area contributed by atoms with E-state index in [-0.39, 0.29) is 29.0 Å². The van der Waals surface area contributed by atoms with E-state index in [9.17, 15) is 14.0 Å². The summed E-state index contributed by atoms with van der Waals surface area (Å²) < 4.78 is 18.6. The lowest BCUT2D eigenvalue weighted by molar-refractivity contribution is -0.124. The van der Waals surface area contributed by atoms with Crippen LogP contribution in [0.2, 0.25) is 0 Å². The van der Waals surface area contributed by atoms with Crippen molar-refractivity contribution in [3.8, 4) is 5.75 Å². The molecule has 1 unspecified atom stereocenters. The van der Waals surface area contributed by atoms with Gasteiger partial charge in [0.25, 0.3) is 5.91 Å². The van der Waals surface area contributed by atoms with Crippen LogP contribution in [0.5, 0.6) is 5.75 Å². The molecule has 2 aromatic carbocycles. The summed E-state index contributed by atoms with van der Waals surface area (Å²) in [7, 11) is 0. The van der Waals surface area contributed by atoms with Crippen molar-refractivity contribution < 1.29 is 18.7 Å². The molecule has 0 aromatic heterocycles. The molecule has 2 amide bonds. The van der Waals surface area contributed by atoms with E-state index in [1.165, 1.54) is 12.1 Å². The SMILES string of the molecule is CCOc1ccc(C(=O)NC(C(=O)NCC2(c3ccc(F)cc3)CC2)C(C)C)cc1. The number of hydrogen-bond donors (Lipinski definition) is 2. The highest BCUT2D eigenvalue weighted by Gasteiger charge is 2.44. The number of benzene rings is 2. The molecule has 0 heterocycles. The van der Waals surface area contributed by atoms with Crippen molar-refractivity contribution in [2.24, 2.45) is 5.92 Å². The van der Waals surface area contributed by atoms with Crippen LogP contribution >= 0.6 is 0 Å². The van der Waals surface area contributed by atoms with Gasteiger partial charge in [-0.25, -0.2) is 4.39 Å². The molecule has 1 fully saturated rings. The van der Waals surface area contributed by atoms with Gasteiger partial charge in [0, 0.05) is 17.5 Å². The molecule has 0 bridgehead atoms. The van der Waals surface area contributed by atoms with Gasteiger partial charge in [0.2, 0.25) is 5.91 Å². The maximum Gasteiger partial charge on any atom is 0.251 e. The van der Waals surface area contributed by atoms with Crippen molar-refractivity contribution in [1.82, 2.24) is 10.6 Å². The first kappa shape index (κ1) is 21.8. The molecule has 0 aliphatic heterocycles. The second-order valence-electron chi connectivity index (χ2n) is 8.16. The Morgan fingerprint density at radius 2 is 1.70 bits per heavy atom. The minimum atomic E-state index is -0.645. The van der Waals surface area contributed by atoms with Crippen molar-refractivity contribution in [3.63, 3.8) is 0 Å². The van der Waals surface area contributed by atoms with Crippen LogP contribution in [-0.2, 0) is 10.2 Å². The van der Waals surface area contributed by atoms with Crippen molar-refractivity contribution >= 4 is 11.8 Å². The Balaban J connectivity index is 1.60. The Bertz CT molecular complexity index is 874. The highest BCUT2D eigenvalue weighted by molar-refractivity contribution is 5.97. The number of ether oxygens (including phenoxy) is 1. The van der Waals surface area contributed by atoms with Gasteiger partial charge >= 0.3 is 0 Å². The third-order valence-corrected chi connectivity index (χ3v) is 5.57. The van der Waals surface area contributed by atoms with Crippen LogP contribution in [0.4, 0.5) is 4.39 Å². The van der Waals surface area contributed by atoms with Gasteiger partial charge in [0.15, 0.2) is 0 Å². The molecule has 1 saturated carbocycles. The molecule has 0 radical (unpaired) electrons. The van der Waals surface area contributed by atoms with Crippen LogP contribution < -0.4 is 15.4 Å². The predicted molar refractivity (Wildman–Crippen MR) is 114 cm³/mol. The molecule has 2 aromatic rings. The Morgan fingerprint density at radius 3 is 2.23 bits per heavy atom. The number of carbonyl (C=O) groups excluding carboxylic acids is 2. The van der Waals surface area contributed by atoms with E-state index in [1.807, 2.05) is 20.8 Å². The van der Waals surface area contributed by atoms with E-state index in [2.05, 4.69) is 10.6 Å². The summed E-state index contributed by atoms with van der Waals surface area (Å²) in [5.41, 5.74) is 1.37. The normalized spacial score (nSPS) is 15.4. The van der Waals surface area contributed by atoms with Gasteiger partial charge in [-0.15, -0.1) is 0 Å². The summed E-state index contributed by atoms with van der Waals surface area (Å²) in [6.45, 7) is 6.72. The zero-order valence-electron chi connectivity index (χ0n) is 17.7. The number of nitrogens with one attached hydrogen (secondary N) is 2. The van der Waals surface area contributed by atoms with Crippen LogP contribution in [0, 0.1) is 11.7 Å². The van der Waals surface area contributed by atoms with Gasteiger partial charge in [-0.05, 0) is 67.6 Å². The fourth-order valence-corrected chi connectivity index (χ4v) is 3.52. The van der Waals surface area contributed by atoms with Gasteiger partial charge < -0.3 is 15.4 Å². The molecule has 6 heteroatoms. The minimum absolute atomic E-state index is 0.0716. The molecule has 1 aliphatic rings. The van der Waals surface area contributed by atoms with Crippen LogP contribution in [0.25, 0.3) is 0 Å². The molecule has 0 spiro atoms. The van der Waals surface area contributed by atoms with E-state index >= 15 is 0 Å². The first-order valence-corrected chi connectivity index (χ1v) is 10.4. The standard InChI is InChI=1S/C24H29FN2O3/c1-4-30-20-11-5-17(6-12-20)22(28)27-21(16(2)3)23(29)26-15-24(13-14-24)18-7-9-19(25)10-8-18/h5-12,16,21H,4,13-15H2,1-3H3,(H,26,29)(H,27,28). The number of carbonyl (C=O) groups is 2. The fourth-order valence-electron chi connectivity index (χ4n) is 3.52. The van der Waals surface area contributed by atoms with E-state index in [4.69, 9.17) is 4.74 Å². The zero-order valence-corrected chi connectivity index (χ0v) is 17.7. The summed E-state index contributed by atoms with van der Waals surface area (Å²) in [6.07, 6.45) is 1.90. The molecule has 1 aliphatic carbocycles. The molecule has 0 saturated heterocycles. The van der Waals surface area contributed by atoms with Crippen LogP contribution in [0.3, 0.4) is 0 Å². The van der Waals surface area contributed by atoms with Crippen molar-refractivity contribution in [2.75, 3.05) is 13.2 Å². The van der Waals surface area contributed by atoms with Crippen LogP contribution in [-0.4, -0.2) is 31.0 Å². The van der Waals surface area contributed by atoms with Crippen LogP contribution in [0.15, 0.2) is 48.5 Å². The Labute approximate surface area is 177 Å². The maximum absolute atomic E-state index is 13.2. The molecule has 5 nitrogen and oxygen atoms in total. The molecule has 3 rings (SSSR count). The van der Waals surface area contributed by atoms with E-state index in [1.54, 1.807) is 36.4 Å². The fraction of sp³-hybridized carbons (Fsp3) is 0.417. The van der Waals surface area contributed by atoms with Crippen molar-refractivity contribution in [1.29, 1.82) is 0 Å². The number of halogens is 1. The Kier molecular flexibility index (Phi) is 6.75. The van der Waals surface area contributed by atoms with Crippen molar-refractivity contribution in [2.45, 2.75) is 45.1 Å². The van der Waals surface area contributed by atoms with Gasteiger partial charge in [-0.2, -0.15) is 0 Å². The van der Waals surface area contributed by atoms with E-state index in [0.29, 0.717) is 24.5 Å². The minimum Gasteiger partial charge on any atom is -0.494 e. The predicted octanol–water partition coefficient (Wildman–Crippen LogP) is 3.83. The Morgan fingerprint density at radius 1 is 1.07 bits per heavy atom. The lowest BCUT2D eigenvalue weighted by atomic mass is 9.95. The summed E-state index contributed by atoms with van der Waals surface area (Å²) in [4.78, 5) is 25.5. The second-order valence-corrected chi connectivity index (χ2v) is 8.16. The molecule has 1 atom stereocenters. The first-order valence-electron chi connectivity index (χ1n) is 10.4. The number of rotatable bonds is 9. The second kappa shape index (κ2) is 9.28. The Hall–Kier alpha value is -2.89. The highest BCUT2D eigenvalue weighted by Crippen LogP contribution is 2.47. The number of hydrogen-bond acceptors (Lipinski definition) is 3. The molecular weight excluding hydrogens is 383 g/mol. The van der Waals surface area contributed by atoms with Gasteiger partial charge in [-0.1, -0.05) is 26.0 Å². The zero-order chi connectivity index (χ0) is 21.7. The third-order valence-electron chi connectivity index (χ3n) is 5.57. The molecule has 2 N–H and O–H groups in total. The third kappa shape index (κ3) is 5.17. The van der Waals surface area contributed by atoms with Crippen LogP contribution in [0.1, 0.15) is 49.5 Å². The van der Waals surface area contributed by atoms with Crippen molar-refractivity contribution in [3.05, 3.63) is 65.5 Å². The molecule has 160 valence electrons.